The summed E-state index contributed by atoms with van der Waals surface area (Å²) in [6.45, 7) is 3.61. The molecule has 0 spiro atoms. The van der Waals surface area contributed by atoms with E-state index in [1.165, 1.54) is 12.0 Å². The first-order valence-electron chi connectivity index (χ1n) is 5.05. The molecule has 1 saturated carbocycles. The summed E-state index contributed by atoms with van der Waals surface area (Å²) in [4.78, 5) is 13.6. The average Bonchev–Trinajstić information content (AvgIpc) is 2.12. The van der Waals surface area contributed by atoms with Crippen molar-refractivity contribution in [1.82, 2.24) is 10.2 Å². The van der Waals surface area contributed by atoms with Gasteiger partial charge in [-0.2, -0.15) is 0 Å². The number of rotatable bonds is 1. The number of hydrogen-bond donors (Lipinski definition) is 1. The van der Waals surface area contributed by atoms with Crippen molar-refractivity contribution < 1.29 is 4.79 Å². The Hall–Kier alpha value is -0.830. The fraction of sp³-hybridized carbons (Fsp3) is 0.700. The predicted molar refractivity (Wildman–Crippen MR) is 51.4 cm³/mol. The first-order valence-corrected chi connectivity index (χ1v) is 5.05. The van der Waals surface area contributed by atoms with Gasteiger partial charge >= 0.3 is 0 Å². The van der Waals surface area contributed by atoms with Gasteiger partial charge < -0.3 is 10.2 Å². The molecular weight excluding hydrogens is 164 g/mol. The molecule has 2 fully saturated rings. The van der Waals surface area contributed by atoms with Crippen molar-refractivity contribution in [2.45, 2.75) is 19.3 Å². The Labute approximate surface area is 78.8 Å². The molecule has 0 bridgehead atoms. The zero-order valence-corrected chi connectivity index (χ0v) is 7.88. The minimum atomic E-state index is 0.219. The molecule has 1 amide bonds. The average molecular weight is 180 g/mol. The van der Waals surface area contributed by atoms with Gasteiger partial charge in [0.25, 0.3) is 0 Å². The van der Waals surface area contributed by atoms with Gasteiger partial charge in [-0.3, -0.25) is 4.79 Å². The lowest BCUT2D eigenvalue weighted by Crippen LogP contribution is -2.46. The monoisotopic (exact) mass is 180 g/mol. The minimum absolute atomic E-state index is 0.219. The summed E-state index contributed by atoms with van der Waals surface area (Å²) < 4.78 is 0. The third-order valence-corrected chi connectivity index (χ3v) is 2.75. The molecule has 1 heterocycles. The summed E-state index contributed by atoms with van der Waals surface area (Å²) >= 11 is 0. The van der Waals surface area contributed by atoms with Crippen molar-refractivity contribution >= 4 is 5.91 Å². The standard InChI is InChI=1S/C10H16N2O/c13-10(8-9-2-1-3-9)12-6-4-11-5-7-12/h8,11H,1-7H2. The van der Waals surface area contributed by atoms with Crippen LogP contribution in [0.15, 0.2) is 11.6 Å². The summed E-state index contributed by atoms with van der Waals surface area (Å²) in [6, 6.07) is 0. The highest BCUT2D eigenvalue weighted by Gasteiger charge is 2.16. The van der Waals surface area contributed by atoms with Crippen LogP contribution in [0.25, 0.3) is 0 Å². The maximum absolute atomic E-state index is 11.6. The Balaban J connectivity index is 1.87. The van der Waals surface area contributed by atoms with Crippen LogP contribution in [-0.4, -0.2) is 37.0 Å². The lowest BCUT2D eigenvalue weighted by molar-refractivity contribution is -0.126. The zero-order valence-electron chi connectivity index (χ0n) is 7.88. The number of amides is 1. The Morgan fingerprint density at radius 1 is 1.31 bits per heavy atom. The number of carbonyl (C=O) groups is 1. The fourth-order valence-electron chi connectivity index (χ4n) is 1.68. The van der Waals surface area contributed by atoms with Gasteiger partial charge in [-0.25, -0.2) is 0 Å². The van der Waals surface area contributed by atoms with E-state index in [1.54, 1.807) is 0 Å². The van der Waals surface area contributed by atoms with Gasteiger partial charge in [0.05, 0.1) is 0 Å². The van der Waals surface area contributed by atoms with Gasteiger partial charge in [-0.1, -0.05) is 5.57 Å². The van der Waals surface area contributed by atoms with Gasteiger partial charge in [0.1, 0.15) is 0 Å². The Morgan fingerprint density at radius 2 is 2.00 bits per heavy atom. The van der Waals surface area contributed by atoms with Crippen LogP contribution in [0.2, 0.25) is 0 Å². The lowest BCUT2D eigenvalue weighted by atomic mass is 9.92. The third kappa shape index (κ3) is 2.10. The number of allylic oxidation sites excluding steroid dienone is 1. The van der Waals surface area contributed by atoms with Gasteiger partial charge in [0.15, 0.2) is 0 Å². The molecule has 1 saturated heterocycles. The van der Waals surface area contributed by atoms with Crippen LogP contribution in [-0.2, 0) is 4.79 Å². The smallest absolute Gasteiger partial charge is 0.246 e. The minimum Gasteiger partial charge on any atom is -0.337 e. The molecular formula is C10H16N2O. The molecule has 1 aliphatic carbocycles. The van der Waals surface area contributed by atoms with Crippen LogP contribution in [0.5, 0.6) is 0 Å². The van der Waals surface area contributed by atoms with Gasteiger partial charge in [-0.15, -0.1) is 0 Å². The fourth-order valence-corrected chi connectivity index (χ4v) is 1.68. The van der Waals surface area contributed by atoms with Crippen molar-refractivity contribution in [2.75, 3.05) is 26.2 Å². The maximum atomic E-state index is 11.6. The summed E-state index contributed by atoms with van der Waals surface area (Å²) in [5.74, 6) is 0.219. The zero-order chi connectivity index (χ0) is 9.10. The van der Waals surface area contributed by atoms with E-state index in [0.29, 0.717) is 0 Å². The number of piperazine rings is 1. The van der Waals surface area contributed by atoms with E-state index in [2.05, 4.69) is 5.32 Å². The van der Waals surface area contributed by atoms with E-state index in [9.17, 15) is 4.79 Å². The highest BCUT2D eigenvalue weighted by molar-refractivity contribution is 5.88. The Bertz CT molecular complexity index is 223. The van der Waals surface area contributed by atoms with Crippen LogP contribution in [0.4, 0.5) is 0 Å². The molecule has 2 rings (SSSR count). The van der Waals surface area contributed by atoms with Crippen molar-refractivity contribution in [3.8, 4) is 0 Å². The van der Waals surface area contributed by atoms with Gasteiger partial charge in [0, 0.05) is 32.3 Å². The lowest BCUT2D eigenvalue weighted by Gasteiger charge is -2.27. The number of nitrogens with one attached hydrogen (secondary N) is 1. The first kappa shape index (κ1) is 8.75. The molecule has 1 N–H and O–H groups in total. The molecule has 3 heteroatoms. The third-order valence-electron chi connectivity index (χ3n) is 2.75. The molecule has 0 aromatic heterocycles. The van der Waals surface area contributed by atoms with Gasteiger partial charge in [-0.05, 0) is 19.3 Å². The molecule has 0 aromatic carbocycles. The second-order valence-electron chi connectivity index (χ2n) is 3.73. The van der Waals surface area contributed by atoms with Crippen LogP contribution in [0.1, 0.15) is 19.3 Å². The van der Waals surface area contributed by atoms with Crippen molar-refractivity contribution in [1.29, 1.82) is 0 Å². The molecule has 0 atom stereocenters. The van der Waals surface area contributed by atoms with E-state index in [1.807, 2.05) is 11.0 Å². The highest BCUT2D eigenvalue weighted by Crippen LogP contribution is 2.25. The Morgan fingerprint density at radius 3 is 2.54 bits per heavy atom. The molecule has 2 aliphatic rings. The molecule has 72 valence electrons. The normalized spacial score (nSPS) is 22.5. The van der Waals surface area contributed by atoms with Gasteiger partial charge in [0.2, 0.25) is 5.91 Å². The first-order chi connectivity index (χ1) is 6.36. The topological polar surface area (TPSA) is 32.3 Å². The maximum Gasteiger partial charge on any atom is 0.246 e. The van der Waals surface area contributed by atoms with Crippen molar-refractivity contribution in [2.24, 2.45) is 0 Å². The number of carbonyl (C=O) groups excluding carboxylic acids is 1. The SMILES string of the molecule is O=C(C=C1CCC1)N1CCNCC1. The second-order valence-corrected chi connectivity index (χ2v) is 3.73. The van der Waals surface area contributed by atoms with E-state index in [-0.39, 0.29) is 5.91 Å². The largest absolute Gasteiger partial charge is 0.337 e. The van der Waals surface area contributed by atoms with E-state index in [0.717, 1.165) is 39.0 Å². The summed E-state index contributed by atoms with van der Waals surface area (Å²) in [5.41, 5.74) is 1.34. The quantitative estimate of drug-likeness (QED) is 0.597. The second kappa shape index (κ2) is 3.92. The molecule has 0 unspecified atom stereocenters. The molecule has 0 radical (unpaired) electrons. The van der Waals surface area contributed by atoms with Crippen LogP contribution < -0.4 is 5.32 Å². The van der Waals surface area contributed by atoms with Crippen molar-refractivity contribution in [3.05, 3.63) is 11.6 Å². The summed E-state index contributed by atoms with van der Waals surface area (Å²) in [5, 5.41) is 3.24. The van der Waals surface area contributed by atoms with E-state index >= 15 is 0 Å². The molecule has 1 aliphatic heterocycles. The van der Waals surface area contributed by atoms with Crippen molar-refractivity contribution in [3.63, 3.8) is 0 Å². The molecule has 13 heavy (non-hydrogen) atoms. The highest BCUT2D eigenvalue weighted by atomic mass is 16.2. The molecule has 0 aromatic rings. The summed E-state index contributed by atoms with van der Waals surface area (Å²) in [6.07, 6.45) is 5.38. The molecule has 3 nitrogen and oxygen atoms in total. The van der Waals surface area contributed by atoms with Crippen LogP contribution >= 0.6 is 0 Å². The summed E-state index contributed by atoms with van der Waals surface area (Å²) in [7, 11) is 0. The Kier molecular flexibility index (Phi) is 2.64. The number of nitrogens with zero attached hydrogens (tertiary/aromatic N) is 1. The predicted octanol–water partition coefficient (Wildman–Crippen LogP) is 0.528. The number of hydrogen-bond acceptors (Lipinski definition) is 2. The van der Waals surface area contributed by atoms with Crippen LogP contribution in [0, 0.1) is 0 Å². The van der Waals surface area contributed by atoms with E-state index in [4.69, 9.17) is 0 Å². The van der Waals surface area contributed by atoms with Crippen LogP contribution in [0.3, 0.4) is 0 Å². The van der Waals surface area contributed by atoms with E-state index < -0.39 is 0 Å².